The monoisotopic (exact) mass is 438 g/mol. The number of esters is 1. The molecule has 31 heavy (non-hydrogen) atoms. The Balaban J connectivity index is 2.00. The van der Waals surface area contributed by atoms with Crippen molar-refractivity contribution >= 4 is 23.5 Å². The first-order chi connectivity index (χ1) is 14.7. The van der Waals surface area contributed by atoms with Gasteiger partial charge in [-0.2, -0.15) is 0 Å². The second-order valence-electron chi connectivity index (χ2n) is 8.48. The van der Waals surface area contributed by atoms with Crippen molar-refractivity contribution in [2.75, 3.05) is 12.4 Å². The Morgan fingerprint density at radius 1 is 1.32 bits per heavy atom. The maximum Gasteiger partial charge on any atom is 0.327 e. The third kappa shape index (κ3) is 3.80. The van der Waals surface area contributed by atoms with E-state index in [2.05, 4.69) is 31.6 Å². The predicted octanol–water partition coefficient (Wildman–Crippen LogP) is 3.62. The van der Waals surface area contributed by atoms with Crippen LogP contribution in [0.3, 0.4) is 0 Å². The van der Waals surface area contributed by atoms with Crippen LogP contribution in [0.1, 0.15) is 38.8 Å². The Bertz CT molecular complexity index is 1260. The summed E-state index contributed by atoms with van der Waals surface area (Å²) in [5.74, 6) is 0.534. The minimum Gasteiger partial charge on any atom is -0.465 e. The molecular weight excluding hydrogens is 412 g/mol. The number of benzene rings is 1. The number of rotatable bonds is 6. The van der Waals surface area contributed by atoms with Crippen molar-refractivity contribution in [1.82, 2.24) is 19.2 Å². The molecule has 2 aromatic heterocycles. The van der Waals surface area contributed by atoms with Crippen LogP contribution < -0.4 is 5.56 Å². The number of carbonyl (C=O) groups is 1. The molecular formula is C23H26N4O3S. The van der Waals surface area contributed by atoms with Gasteiger partial charge < -0.3 is 4.74 Å². The van der Waals surface area contributed by atoms with Crippen LogP contribution >= 0.6 is 11.8 Å². The highest BCUT2D eigenvalue weighted by molar-refractivity contribution is 7.99. The number of hydrogen-bond acceptors (Lipinski definition) is 6. The Morgan fingerprint density at radius 3 is 2.77 bits per heavy atom. The van der Waals surface area contributed by atoms with Gasteiger partial charge in [0.2, 0.25) is 5.78 Å². The summed E-state index contributed by atoms with van der Waals surface area (Å²) in [5.41, 5.74) is 3.90. The average molecular weight is 439 g/mol. The van der Waals surface area contributed by atoms with E-state index >= 15 is 0 Å². The van der Waals surface area contributed by atoms with E-state index < -0.39 is 5.97 Å². The molecule has 4 rings (SSSR count). The lowest BCUT2D eigenvalue weighted by Crippen LogP contribution is -2.36. The number of ether oxygens (including phenoxy) is 1. The predicted molar refractivity (Wildman–Crippen MR) is 122 cm³/mol. The van der Waals surface area contributed by atoms with Crippen molar-refractivity contribution in [2.45, 2.75) is 51.2 Å². The van der Waals surface area contributed by atoms with Gasteiger partial charge >= 0.3 is 5.97 Å². The zero-order chi connectivity index (χ0) is 22.3. The quantitative estimate of drug-likeness (QED) is 0.332. The van der Waals surface area contributed by atoms with Crippen LogP contribution in [-0.4, -0.2) is 37.5 Å². The summed E-state index contributed by atoms with van der Waals surface area (Å²) < 4.78 is 8.09. The Hall–Kier alpha value is -2.87. The molecule has 0 bridgehead atoms. The van der Waals surface area contributed by atoms with Gasteiger partial charge in [-0.1, -0.05) is 62.0 Å². The zero-order valence-electron chi connectivity index (χ0n) is 18.3. The zero-order valence-corrected chi connectivity index (χ0v) is 19.1. The maximum atomic E-state index is 13.8. The fraction of sp³-hybridized carbons (Fsp3) is 0.391. The van der Waals surface area contributed by atoms with E-state index in [1.165, 1.54) is 20.8 Å². The molecule has 0 N–H and O–H groups in total. The third-order valence-electron chi connectivity index (χ3n) is 5.31. The van der Waals surface area contributed by atoms with Gasteiger partial charge in [-0.05, 0) is 25.8 Å². The molecule has 0 fully saturated rings. The van der Waals surface area contributed by atoms with Crippen LogP contribution in [0.4, 0.5) is 0 Å². The van der Waals surface area contributed by atoms with Crippen molar-refractivity contribution in [3.05, 3.63) is 57.9 Å². The van der Waals surface area contributed by atoms with Crippen molar-refractivity contribution in [2.24, 2.45) is 0 Å². The van der Waals surface area contributed by atoms with Crippen LogP contribution in [0, 0.1) is 0 Å². The molecule has 7 nitrogen and oxygen atoms in total. The molecule has 162 valence electrons. The first kappa shape index (κ1) is 21.4. The number of nitrogens with zero attached hydrogens (tertiary/aromatic N) is 4. The summed E-state index contributed by atoms with van der Waals surface area (Å²) in [4.78, 5) is 30.9. The average Bonchev–Trinajstić information content (AvgIpc) is 3.03. The van der Waals surface area contributed by atoms with Crippen LogP contribution in [0.25, 0.3) is 17.0 Å². The SMILES string of the molecule is C=C(C)CSc1nn(CC(=O)OCC)c2nc3c(c(=O)n12)C(C)(C)Cc1ccccc1-3. The molecule has 1 aliphatic carbocycles. The maximum absolute atomic E-state index is 13.8. The van der Waals surface area contributed by atoms with Gasteiger partial charge in [-0.15, -0.1) is 5.10 Å². The minimum absolute atomic E-state index is 0.110. The fourth-order valence-electron chi connectivity index (χ4n) is 4.04. The Kier molecular flexibility index (Phi) is 5.51. The van der Waals surface area contributed by atoms with Crippen molar-refractivity contribution in [3.63, 3.8) is 0 Å². The number of thioether (sulfide) groups is 1. The molecule has 0 radical (unpaired) electrons. The van der Waals surface area contributed by atoms with Crippen molar-refractivity contribution < 1.29 is 9.53 Å². The lowest BCUT2D eigenvalue weighted by Gasteiger charge is -2.32. The number of fused-ring (bicyclic) bond motifs is 4. The molecule has 0 atom stereocenters. The van der Waals surface area contributed by atoms with Crippen molar-refractivity contribution in [3.8, 4) is 11.3 Å². The highest BCUT2D eigenvalue weighted by atomic mass is 32.2. The molecule has 8 heteroatoms. The normalized spacial score (nSPS) is 14.2. The second kappa shape index (κ2) is 8.00. The number of aromatic nitrogens is 4. The fourth-order valence-corrected chi connectivity index (χ4v) is 4.86. The Labute approximate surface area is 185 Å². The van der Waals surface area contributed by atoms with Gasteiger partial charge in [0.15, 0.2) is 5.16 Å². The lowest BCUT2D eigenvalue weighted by molar-refractivity contribution is -0.143. The van der Waals surface area contributed by atoms with E-state index in [4.69, 9.17) is 9.72 Å². The van der Waals surface area contributed by atoms with E-state index in [9.17, 15) is 9.59 Å². The molecule has 0 aliphatic heterocycles. The van der Waals surface area contributed by atoms with Gasteiger partial charge in [0.1, 0.15) is 6.54 Å². The molecule has 0 spiro atoms. The van der Waals surface area contributed by atoms with E-state index in [-0.39, 0.29) is 24.1 Å². The minimum atomic E-state index is -0.420. The van der Waals surface area contributed by atoms with E-state index in [0.29, 0.717) is 27.9 Å². The van der Waals surface area contributed by atoms with E-state index in [0.717, 1.165) is 23.1 Å². The molecule has 0 saturated heterocycles. The number of hydrogen-bond donors (Lipinski definition) is 0. The molecule has 1 aromatic carbocycles. The summed E-state index contributed by atoms with van der Waals surface area (Å²) >= 11 is 1.41. The number of carbonyl (C=O) groups excluding carboxylic acids is 1. The summed E-state index contributed by atoms with van der Waals surface area (Å²) in [6.07, 6.45) is 0.754. The summed E-state index contributed by atoms with van der Waals surface area (Å²) in [6.45, 7) is 11.9. The van der Waals surface area contributed by atoms with E-state index in [1.807, 2.05) is 25.1 Å². The largest absolute Gasteiger partial charge is 0.465 e. The van der Waals surface area contributed by atoms with Gasteiger partial charge in [-0.3, -0.25) is 9.59 Å². The third-order valence-corrected chi connectivity index (χ3v) is 6.47. The molecule has 1 aliphatic rings. The molecule has 3 aromatic rings. The van der Waals surface area contributed by atoms with Gasteiger partial charge in [-0.25, -0.2) is 14.1 Å². The van der Waals surface area contributed by atoms with Crippen LogP contribution in [0.2, 0.25) is 0 Å². The van der Waals surface area contributed by atoms with Gasteiger partial charge in [0.05, 0.1) is 17.9 Å². The van der Waals surface area contributed by atoms with Gasteiger partial charge in [0, 0.05) is 16.7 Å². The van der Waals surface area contributed by atoms with Crippen LogP contribution in [0.15, 0.2) is 46.4 Å². The highest BCUT2D eigenvalue weighted by Gasteiger charge is 2.36. The first-order valence-electron chi connectivity index (χ1n) is 10.3. The Morgan fingerprint density at radius 2 is 2.06 bits per heavy atom. The van der Waals surface area contributed by atoms with Crippen LogP contribution in [-0.2, 0) is 27.9 Å². The van der Waals surface area contributed by atoms with E-state index in [1.54, 1.807) is 6.92 Å². The lowest BCUT2D eigenvalue weighted by atomic mass is 9.72. The second-order valence-corrected chi connectivity index (χ2v) is 9.43. The molecule has 0 amide bonds. The smallest absolute Gasteiger partial charge is 0.327 e. The van der Waals surface area contributed by atoms with Crippen molar-refractivity contribution in [1.29, 1.82) is 0 Å². The molecule has 2 heterocycles. The summed E-state index contributed by atoms with van der Waals surface area (Å²) in [6, 6.07) is 8.03. The standard InChI is InChI=1S/C23H26N4O3S/c1-6-30-17(28)12-26-21-24-19-16-10-8-7-9-15(16)11-23(4,5)18(19)20(29)27(21)22(25-26)31-13-14(2)3/h7-10H,2,6,11-13H2,1,3-5H3. The van der Waals surface area contributed by atoms with Crippen LogP contribution in [0.5, 0.6) is 0 Å². The molecule has 0 saturated carbocycles. The molecule has 0 unspecified atom stereocenters. The topological polar surface area (TPSA) is 78.5 Å². The summed E-state index contributed by atoms with van der Waals surface area (Å²) in [5, 5.41) is 5.05. The van der Waals surface area contributed by atoms with Gasteiger partial charge in [0.25, 0.3) is 5.56 Å². The first-order valence-corrected chi connectivity index (χ1v) is 11.3. The summed E-state index contributed by atoms with van der Waals surface area (Å²) in [7, 11) is 0. The highest BCUT2D eigenvalue weighted by Crippen LogP contribution is 2.40.